The lowest BCUT2D eigenvalue weighted by atomic mass is 10.2. The van der Waals surface area contributed by atoms with Crippen LogP contribution >= 0.6 is 0 Å². The Morgan fingerprint density at radius 2 is 2.15 bits per heavy atom. The molecule has 0 bridgehead atoms. The SMILES string of the molecule is COCCOCCC1COCCO1. The quantitative estimate of drug-likeness (QED) is 0.570. The molecule has 1 unspecified atom stereocenters. The van der Waals surface area contributed by atoms with Gasteiger partial charge in [-0.25, -0.2) is 0 Å². The molecule has 0 spiro atoms. The maximum absolute atomic E-state index is 5.45. The highest BCUT2D eigenvalue weighted by Gasteiger charge is 2.13. The Morgan fingerprint density at radius 3 is 2.85 bits per heavy atom. The maximum Gasteiger partial charge on any atom is 0.0831 e. The van der Waals surface area contributed by atoms with Crippen molar-refractivity contribution in [2.45, 2.75) is 12.5 Å². The zero-order valence-corrected chi connectivity index (χ0v) is 8.16. The largest absolute Gasteiger partial charge is 0.382 e. The molecule has 1 rings (SSSR count). The van der Waals surface area contributed by atoms with Crippen LogP contribution in [0.4, 0.5) is 0 Å². The topological polar surface area (TPSA) is 36.9 Å². The minimum atomic E-state index is 0.219. The molecule has 1 saturated heterocycles. The molecule has 1 aliphatic heterocycles. The molecule has 0 amide bonds. The molecule has 78 valence electrons. The number of hydrogen-bond donors (Lipinski definition) is 0. The van der Waals surface area contributed by atoms with Crippen molar-refractivity contribution in [1.29, 1.82) is 0 Å². The third-order valence-electron chi connectivity index (χ3n) is 1.90. The Balaban J connectivity index is 1.86. The number of rotatable bonds is 6. The predicted octanol–water partition coefficient (Wildman–Crippen LogP) is 0.455. The van der Waals surface area contributed by atoms with Gasteiger partial charge in [-0.1, -0.05) is 0 Å². The lowest BCUT2D eigenvalue weighted by Gasteiger charge is -2.22. The highest BCUT2D eigenvalue weighted by Crippen LogP contribution is 2.04. The van der Waals surface area contributed by atoms with E-state index in [4.69, 9.17) is 18.9 Å². The summed E-state index contributed by atoms with van der Waals surface area (Å²) in [6, 6.07) is 0. The summed E-state index contributed by atoms with van der Waals surface area (Å²) in [4.78, 5) is 0. The molecule has 0 radical (unpaired) electrons. The lowest BCUT2D eigenvalue weighted by Crippen LogP contribution is -2.29. The second kappa shape index (κ2) is 7.26. The van der Waals surface area contributed by atoms with Crippen molar-refractivity contribution in [3.8, 4) is 0 Å². The van der Waals surface area contributed by atoms with Gasteiger partial charge in [0, 0.05) is 13.7 Å². The van der Waals surface area contributed by atoms with Crippen LogP contribution in [0.5, 0.6) is 0 Å². The van der Waals surface area contributed by atoms with Gasteiger partial charge in [0.15, 0.2) is 0 Å². The van der Waals surface area contributed by atoms with E-state index in [-0.39, 0.29) is 6.10 Å². The summed E-state index contributed by atoms with van der Waals surface area (Å²) in [7, 11) is 1.67. The number of hydrogen-bond acceptors (Lipinski definition) is 4. The van der Waals surface area contributed by atoms with Gasteiger partial charge in [0.05, 0.1) is 39.1 Å². The van der Waals surface area contributed by atoms with Crippen molar-refractivity contribution >= 4 is 0 Å². The van der Waals surface area contributed by atoms with Crippen molar-refractivity contribution in [2.24, 2.45) is 0 Å². The van der Waals surface area contributed by atoms with Crippen LogP contribution in [0.1, 0.15) is 6.42 Å². The fourth-order valence-corrected chi connectivity index (χ4v) is 1.16. The second-order valence-corrected chi connectivity index (χ2v) is 2.96. The van der Waals surface area contributed by atoms with E-state index in [1.54, 1.807) is 7.11 Å². The zero-order chi connectivity index (χ0) is 9.36. The van der Waals surface area contributed by atoms with Gasteiger partial charge >= 0.3 is 0 Å². The molecule has 1 aliphatic rings. The average Bonchev–Trinajstić information content (AvgIpc) is 2.19. The van der Waals surface area contributed by atoms with Gasteiger partial charge in [0.2, 0.25) is 0 Å². The van der Waals surface area contributed by atoms with Crippen LogP contribution in [0.25, 0.3) is 0 Å². The first kappa shape index (κ1) is 10.9. The Morgan fingerprint density at radius 1 is 1.23 bits per heavy atom. The van der Waals surface area contributed by atoms with Gasteiger partial charge in [-0.2, -0.15) is 0 Å². The van der Waals surface area contributed by atoms with Gasteiger partial charge < -0.3 is 18.9 Å². The summed E-state index contributed by atoms with van der Waals surface area (Å²) < 4.78 is 20.9. The van der Waals surface area contributed by atoms with E-state index in [2.05, 4.69) is 0 Å². The van der Waals surface area contributed by atoms with Gasteiger partial charge in [-0.05, 0) is 6.42 Å². The standard InChI is InChI=1S/C9H18O4/c1-10-4-5-11-3-2-9-8-12-6-7-13-9/h9H,2-8H2,1H3. The van der Waals surface area contributed by atoms with E-state index >= 15 is 0 Å². The molecule has 0 saturated carbocycles. The summed E-state index contributed by atoms with van der Waals surface area (Å²) in [5.74, 6) is 0. The maximum atomic E-state index is 5.45. The van der Waals surface area contributed by atoms with Crippen molar-refractivity contribution in [2.75, 3.05) is 46.8 Å². The van der Waals surface area contributed by atoms with Crippen molar-refractivity contribution in [3.05, 3.63) is 0 Å². The highest BCUT2D eigenvalue weighted by molar-refractivity contribution is 4.59. The van der Waals surface area contributed by atoms with Crippen LogP contribution in [0.15, 0.2) is 0 Å². The minimum absolute atomic E-state index is 0.219. The normalized spacial score (nSPS) is 23.3. The molecule has 1 fully saturated rings. The van der Waals surface area contributed by atoms with Crippen molar-refractivity contribution in [3.63, 3.8) is 0 Å². The molecule has 1 atom stereocenters. The van der Waals surface area contributed by atoms with E-state index in [0.29, 0.717) is 26.4 Å². The third kappa shape index (κ3) is 5.21. The molecular formula is C9H18O4. The average molecular weight is 190 g/mol. The molecule has 0 aromatic heterocycles. The molecule has 4 heteroatoms. The van der Waals surface area contributed by atoms with E-state index in [0.717, 1.165) is 19.6 Å². The summed E-state index contributed by atoms with van der Waals surface area (Å²) in [6.07, 6.45) is 1.13. The highest BCUT2D eigenvalue weighted by atomic mass is 16.6. The Hall–Kier alpha value is -0.160. The Bertz CT molecular complexity index is 112. The van der Waals surface area contributed by atoms with E-state index < -0.39 is 0 Å². The molecule has 0 N–H and O–H groups in total. The minimum Gasteiger partial charge on any atom is -0.382 e. The van der Waals surface area contributed by atoms with Crippen LogP contribution in [0, 0.1) is 0 Å². The molecule has 1 heterocycles. The van der Waals surface area contributed by atoms with Crippen LogP contribution in [0.3, 0.4) is 0 Å². The molecule has 13 heavy (non-hydrogen) atoms. The first-order valence-electron chi connectivity index (χ1n) is 4.69. The van der Waals surface area contributed by atoms with Gasteiger partial charge in [-0.3, -0.25) is 0 Å². The van der Waals surface area contributed by atoms with Gasteiger partial charge in [0.1, 0.15) is 0 Å². The van der Waals surface area contributed by atoms with Crippen LogP contribution in [-0.2, 0) is 18.9 Å². The molecule has 4 nitrogen and oxygen atoms in total. The summed E-state index contributed by atoms with van der Waals surface area (Å²) in [5, 5.41) is 0. The predicted molar refractivity (Wildman–Crippen MR) is 47.9 cm³/mol. The molecular weight excluding hydrogens is 172 g/mol. The summed E-state index contributed by atoms with van der Waals surface area (Å²) in [5.41, 5.74) is 0. The first-order chi connectivity index (χ1) is 6.43. The molecule has 0 aliphatic carbocycles. The lowest BCUT2D eigenvalue weighted by molar-refractivity contribution is -0.0979. The Kier molecular flexibility index (Phi) is 6.10. The van der Waals surface area contributed by atoms with E-state index in [1.165, 1.54) is 0 Å². The molecule has 0 aromatic rings. The smallest absolute Gasteiger partial charge is 0.0831 e. The third-order valence-corrected chi connectivity index (χ3v) is 1.90. The van der Waals surface area contributed by atoms with Crippen molar-refractivity contribution < 1.29 is 18.9 Å². The number of ether oxygens (including phenoxy) is 4. The number of methoxy groups -OCH3 is 1. The fraction of sp³-hybridized carbons (Fsp3) is 1.00. The zero-order valence-electron chi connectivity index (χ0n) is 8.16. The van der Waals surface area contributed by atoms with E-state index in [1.807, 2.05) is 0 Å². The van der Waals surface area contributed by atoms with E-state index in [9.17, 15) is 0 Å². The van der Waals surface area contributed by atoms with Gasteiger partial charge in [-0.15, -0.1) is 0 Å². The van der Waals surface area contributed by atoms with Gasteiger partial charge in [0.25, 0.3) is 0 Å². The second-order valence-electron chi connectivity index (χ2n) is 2.96. The first-order valence-corrected chi connectivity index (χ1v) is 4.69. The summed E-state index contributed by atoms with van der Waals surface area (Å²) in [6.45, 7) is 4.17. The van der Waals surface area contributed by atoms with Crippen LogP contribution in [0.2, 0.25) is 0 Å². The monoisotopic (exact) mass is 190 g/mol. The molecule has 0 aromatic carbocycles. The Labute approximate surface area is 79.1 Å². The fourth-order valence-electron chi connectivity index (χ4n) is 1.16. The van der Waals surface area contributed by atoms with Crippen LogP contribution < -0.4 is 0 Å². The van der Waals surface area contributed by atoms with Crippen LogP contribution in [-0.4, -0.2) is 52.9 Å². The van der Waals surface area contributed by atoms with Crippen molar-refractivity contribution in [1.82, 2.24) is 0 Å². The summed E-state index contributed by atoms with van der Waals surface area (Å²) >= 11 is 0.